The average molecular weight is 311 g/mol. The van der Waals surface area contributed by atoms with Crippen LogP contribution in [-0.2, 0) is 9.53 Å². The Bertz CT molecular complexity index is 441. The van der Waals surface area contributed by atoms with Crippen molar-refractivity contribution in [1.82, 2.24) is 5.01 Å². The molecule has 0 heterocycles. The van der Waals surface area contributed by atoms with Gasteiger partial charge in [-0.3, -0.25) is 35.1 Å². The van der Waals surface area contributed by atoms with E-state index in [-0.39, 0.29) is 5.01 Å². The largest absolute Gasteiger partial charge is 0.701 e. The van der Waals surface area contributed by atoms with E-state index in [0.29, 0.717) is 0 Å². The van der Waals surface area contributed by atoms with Gasteiger partial charge in [-0.25, -0.2) is 10.1 Å². The second kappa shape index (κ2) is 6.87. The maximum absolute atomic E-state index is 10.6. The van der Waals surface area contributed by atoms with Crippen molar-refractivity contribution >= 4 is 5.97 Å². The first-order valence-electron chi connectivity index (χ1n) is 5.01. The number of nitro groups is 4. The maximum Gasteiger partial charge on any atom is 0.701 e. The van der Waals surface area contributed by atoms with Crippen molar-refractivity contribution in [3.63, 3.8) is 0 Å². The fourth-order valence-electron chi connectivity index (χ4n) is 1.11. The molecule has 0 aromatic heterocycles. The molecule has 0 bridgehead atoms. The van der Waals surface area contributed by atoms with E-state index in [0.717, 1.165) is 6.92 Å². The van der Waals surface area contributed by atoms with Crippen LogP contribution in [0.2, 0.25) is 0 Å². The van der Waals surface area contributed by atoms with Crippen molar-refractivity contribution in [1.29, 1.82) is 0 Å². The smallest absolute Gasteiger partial charge is 0.439 e. The Morgan fingerprint density at radius 1 is 1.05 bits per heavy atom. The third-order valence-electron chi connectivity index (χ3n) is 2.23. The van der Waals surface area contributed by atoms with E-state index in [1.807, 2.05) is 0 Å². The average Bonchev–Trinajstić information content (AvgIpc) is 2.31. The summed E-state index contributed by atoms with van der Waals surface area (Å²) in [5, 5.41) is 41.3. The van der Waals surface area contributed by atoms with Gasteiger partial charge in [0.15, 0.2) is 26.2 Å². The van der Waals surface area contributed by atoms with Crippen LogP contribution in [0.1, 0.15) is 13.3 Å². The van der Waals surface area contributed by atoms with Crippen LogP contribution in [0.4, 0.5) is 0 Å². The summed E-state index contributed by atoms with van der Waals surface area (Å²) in [7, 11) is 0. The molecule has 0 saturated carbocycles. The first-order valence-corrected chi connectivity index (χ1v) is 5.01. The summed E-state index contributed by atoms with van der Waals surface area (Å²) in [5.74, 6) is -4.73. The molecule has 0 spiro atoms. The maximum atomic E-state index is 10.6. The van der Waals surface area contributed by atoms with Crippen molar-refractivity contribution in [3.8, 4) is 0 Å². The van der Waals surface area contributed by atoms with Gasteiger partial charge < -0.3 is 4.74 Å². The number of carbonyl (C=O) groups is 1. The minimum absolute atomic E-state index is 0.0622. The molecule has 21 heavy (non-hydrogen) atoms. The first-order chi connectivity index (χ1) is 9.55. The summed E-state index contributed by atoms with van der Waals surface area (Å²) in [4.78, 5) is 47.6. The molecular formula is C6H9N5O10. The van der Waals surface area contributed by atoms with Crippen molar-refractivity contribution in [3.05, 3.63) is 40.5 Å². The van der Waals surface area contributed by atoms with Crippen LogP contribution in [0.15, 0.2) is 0 Å². The second-order valence-electron chi connectivity index (χ2n) is 3.53. The number of carbonyl (C=O) groups excluding carboxylic acids is 1. The van der Waals surface area contributed by atoms with E-state index >= 15 is 0 Å². The van der Waals surface area contributed by atoms with Gasteiger partial charge in [0.05, 0.1) is 0 Å². The molecule has 0 N–H and O–H groups in total. The van der Waals surface area contributed by atoms with Crippen LogP contribution in [0.25, 0.3) is 0 Å². The molecule has 0 aliphatic carbocycles. The minimum Gasteiger partial charge on any atom is -0.439 e. The lowest BCUT2D eigenvalue weighted by molar-refractivity contribution is -0.970. The number of esters is 1. The summed E-state index contributed by atoms with van der Waals surface area (Å²) in [5.41, 5.74) is 0. The highest BCUT2D eigenvalue weighted by molar-refractivity contribution is 5.65. The molecule has 0 atom stereocenters. The molecule has 0 unspecified atom stereocenters. The minimum atomic E-state index is -3.81. The lowest BCUT2D eigenvalue weighted by Crippen LogP contribution is -2.55. The summed E-state index contributed by atoms with van der Waals surface area (Å²) in [6.45, 7) is -1.09. The zero-order chi connectivity index (χ0) is 16.8. The monoisotopic (exact) mass is 311 g/mol. The van der Waals surface area contributed by atoms with Gasteiger partial charge in [0.25, 0.3) is 0 Å². The van der Waals surface area contributed by atoms with Crippen molar-refractivity contribution < 1.29 is 29.3 Å². The van der Waals surface area contributed by atoms with Crippen molar-refractivity contribution in [2.75, 3.05) is 13.3 Å². The molecule has 0 aliphatic heterocycles. The second-order valence-corrected chi connectivity index (χ2v) is 3.53. The summed E-state index contributed by atoms with van der Waals surface area (Å²) in [6, 6.07) is 0. The zero-order valence-electron chi connectivity index (χ0n) is 10.4. The molecule has 0 fully saturated rings. The van der Waals surface area contributed by atoms with Crippen LogP contribution >= 0.6 is 0 Å². The Labute approximate surface area is 114 Å². The van der Waals surface area contributed by atoms with Crippen LogP contribution in [0.5, 0.6) is 0 Å². The lowest BCUT2D eigenvalue weighted by Gasteiger charge is -2.14. The molecule has 15 nitrogen and oxygen atoms in total. The Morgan fingerprint density at radius 3 is 1.76 bits per heavy atom. The molecule has 0 radical (unpaired) electrons. The number of hydrogen-bond acceptors (Lipinski definition) is 10. The third kappa shape index (κ3) is 4.18. The van der Waals surface area contributed by atoms with Gasteiger partial charge in [0, 0.05) is 6.92 Å². The summed E-state index contributed by atoms with van der Waals surface area (Å²) >= 11 is 0. The van der Waals surface area contributed by atoms with Gasteiger partial charge >= 0.3 is 11.8 Å². The first kappa shape index (κ1) is 17.9. The lowest BCUT2D eigenvalue weighted by atomic mass is 10.2. The van der Waals surface area contributed by atoms with E-state index in [1.54, 1.807) is 0 Å². The predicted molar refractivity (Wildman–Crippen MR) is 58.7 cm³/mol. The summed E-state index contributed by atoms with van der Waals surface area (Å²) < 4.78 is 4.25. The molecule has 118 valence electrons. The molecule has 0 aromatic rings. The number of hydrazine groups is 1. The fraction of sp³-hybridized carbons (Fsp3) is 0.833. The molecular weight excluding hydrogens is 302 g/mol. The third-order valence-corrected chi connectivity index (χ3v) is 2.23. The van der Waals surface area contributed by atoms with E-state index in [9.17, 15) is 45.3 Å². The van der Waals surface area contributed by atoms with Crippen molar-refractivity contribution in [2.45, 2.75) is 19.1 Å². The molecule has 0 saturated heterocycles. The highest BCUT2D eigenvalue weighted by atomic mass is 16.7. The quantitative estimate of drug-likeness (QED) is 0.215. The molecule has 0 amide bonds. The van der Waals surface area contributed by atoms with Crippen LogP contribution in [0.3, 0.4) is 0 Å². The Morgan fingerprint density at radius 2 is 1.48 bits per heavy atom. The van der Waals surface area contributed by atoms with Crippen LogP contribution < -0.4 is 0 Å². The predicted octanol–water partition coefficient (Wildman–Crippen LogP) is -1.13. The van der Waals surface area contributed by atoms with Gasteiger partial charge in [-0.2, -0.15) is 0 Å². The SMILES string of the molecule is CC(=O)OCN(CCC([N+](=O)[O-])([N+](=O)[O-])[N+](=O)[O-])[N+](=O)[O-]. The molecule has 15 heteroatoms. The highest BCUT2D eigenvalue weighted by Crippen LogP contribution is 2.18. The summed E-state index contributed by atoms with van der Waals surface area (Å²) in [6.07, 6.45) is -1.40. The normalized spacial score (nSPS) is 10.5. The number of rotatable bonds is 9. The van der Waals surface area contributed by atoms with Gasteiger partial charge in [-0.1, -0.05) is 5.01 Å². The van der Waals surface area contributed by atoms with Crippen molar-refractivity contribution in [2.24, 2.45) is 0 Å². The molecule has 0 aliphatic rings. The zero-order valence-corrected chi connectivity index (χ0v) is 10.4. The topological polar surface area (TPSA) is 202 Å². The van der Waals surface area contributed by atoms with E-state index in [2.05, 4.69) is 4.74 Å². The van der Waals surface area contributed by atoms with Gasteiger partial charge in [0.1, 0.15) is 6.54 Å². The van der Waals surface area contributed by atoms with Gasteiger partial charge in [-0.05, 0) is 0 Å². The molecule has 0 rings (SSSR count). The number of hydrogen-bond donors (Lipinski definition) is 0. The van der Waals surface area contributed by atoms with Gasteiger partial charge in [-0.15, -0.1) is 0 Å². The Kier molecular flexibility index (Phi) is 5.85. The number of nitrogens with zero attached hydrogens (tertiary/aromatic N) is 5. The Hall–Kier alpha value is -3.13. The highest BCUT2D eigenvalue weighted by Gasteiger charge is 2.70. The fourth-order valence-corrected chi connectivity index (χ4v) is 1.11. The number of ether oxygens (including phenoxy) is 1. The standard InChI is InChI=1S/C6H9N5O10/c1-5(12)21-4-7(11(19)20)3-2-6(8(13)14,9(15)16)10(17)18/h2-4H2,1H3. The van der Waals surface area contributed by atoms with Crippen LogP contribution in [-0.4, -0.2) is 49.8 Å². The van der Waals surface area contributed by atoms with E-state index in [1.165, 1.54) is 0 Å². The molecule has 0 aromatic carbocycles. The Balaban J connectivity index is 5.14. The van der Waals surface area contributed by atoms with E-state index < -0.39 is 51.3 Å². The van der Waals surface area contributed by atoms with E-state index in [4.69, 9.17) is 0 Å². The van der Waals surface area contributed by atoms with Gasteiger partial charge in [0.2, 0.25) is 6.73 Å². The van der Waals surface area contributed by atoms with Crippen LogP contribution in [0, 0.1) is 40.5 Å².